The van der Waals surface area contributed by atoms with E-state index in [0.29, 0.717) is 18.6 Å². The summed E-state index contributed by atoms with van der Waals surface area (Å²) in [6.07, 6.45) is 2.35. The van der Waals surface area contributed by atoms with E-state index in [1.807, 2.05) is 18.2 Å². The van der Waals surface area contributed by atoms with Crippen molar-refractivity contribution in [2.24, 2.45) is 0 Å². The predicted molar refractivity (Wildman–Crippen MR) is 66.5 cm³/mol. The van der Waals surface area contributed by atoms with Crippen LogP contribution in [-0.4, -0.2) is 12.8 Å². The number of fused-ring (bicyclic) bond motifs is 1. The SMILES string of the molecule is C=CCC(OC(=O)CC)c1ccc2c(c1)OCO2. The summed E-state index contributed by atoms with van der Waals surface area (Å²) in [6, 6.07) is 5.55. The first-order valence-electron chi connectivity index (χ1n) is 5.94. The summed E-state index contributed by atoms with van der Waals surface area (Å²) in [5, 5.41) is 0. The molecule has 0 N–H and O–H groups in total. The smallest absolute Gasteiger partial charge is 0.306 e. The van der Waals surface area contributed by atoms with Crippen LogP contribution >= 0.6 is 0 Å². The number of hydrogen-bond acceptors (Lipinski definition) is 4. The molecule has 0 bridgehead atoms. The Labute approximate surface area is 106 Å². The molecule has 1 unspecified atom stereocenters. The third kappa shape index (κ3) is 2.64. The van der Waals surface area contributed by atoms with E-state index in [1.54, 1.807) is 13.0 Å². The summed E-state index contributed by atoms with van der Waals surface area (Å²) in [6.45, 7) is 5.69. The Balaban J connectivity index is 2.19. The number of carbonyl (C=O) groups is 1. The molecule has 0 fully saturated rings. The van der Waals surface area contributed by atoms with Gasteiger partial charge in [0.15, 0.2) is 11.5 Å². The van der Waals surface area contributed by atoms with Crippen molar-refractivity contribution in [3.05, 3.63) is 36.4 Å². The second-order valence-corrected chi connectivity index (χ2v) is 3.97. The number of benzene rings is 1. The lowest BCUT2D eigenvalue weighted by Crippen LogP contribution is -2.09. The van der Waals surface area contributed by atoms with Crippen LogP contribution in [0.4, 0.5) is 0 Å². The van der Waals surface area contributed by atoms with E-state index in [9.17, 15) is 4.79 Å². The van der Waals surface area contributed by atoms with Crippen molar-refractivity contribution in [2.75, 3.05) is 6.79 Å². The van der Waals surface area contributed by atoms with Crippen molar-refractivity contribution in [1.82, 2.24) is 0 Å². The van der Waals surface area contributed by atoms with Crippen LogP contribution in [0, 0.1) is 0 Å². The summed E-state index contributed by atoms with van der Waals surface area (Å²) in [5.41, 5.74) is 0.890. The van der Waals surface area contributed by atoms with Crippen molar-refractivity contribution in [1.29, 1.82) is 0 Å². The minimum absolute atomic E-state index is 0.223. The summed E-state index contributed by atoms with van der Waals surface area (Å²) >= 11 is 0. The predicted octanol–water partition coefficient (Wildman–Crippen LogP) is 2.99. The van der Waals surface area contributed by atoms with Crippen LogP contribution in [-0.2, 0) is 9.53 Å². The molecule has 4 heteroatoms. The third-order valence-electron chi connectivity index (χ3n) is 2.71. The van der Waals surface area contributed by atoms with Gasteiger partial charge >= 0.3 is 5.97 Å². The van der Waals surface area contributed by atoms with Crippen LogP contribution in [0.1, 0.15) is 31.4 Å². The molecule has 1 aliphatic rings. The van der Waals surface area contributed by atoms with Gasteiger partial charge in [-0.2, -0.15) is 0 Å². The highest BCUT2D eigenvalue weighted by molar-refractivity contribution is 5.69. The Bertz CT molecular complexity index is 453. The van der Waals surface area contributed by atoms with Crippen molar-refractivity contribution >= 4 is 5.97 Å². The van der Waals surface area contributed by atoms with Crippen LogP contribution in [0.15, 0.2) is 30.9 Å². The molecule has 1 aromatic carbocycles. The molecule has 96 valence electrons. The van der Waals surface area contributed by atoms with Crippen molar-refractivity contribution in [2.45, 2.75) is 25.9 Å². The van der Waals surface area contributed by atoms with E-state index in [0.717, 1.165) is 11.3 Å². The lowest BCUT2D eigenvalue weighted by molar-refractivity contribution is -0.148. The van der Waals surface area contributed by atoms with E-state index in [2.05, 4.69) is 6.58 Å². The Morgan fingerprint density at radius 2 is 2.28 bits per heavy atom. The molecule has 0 aromatic heterocycles. The monoisotopic (exact) mass is 248 g/mol. The van der Waals surface area contributed by atoms with Gasteiger partial charge in [0.1, 0.15) is 6.10 Å². The summed E-state index contributed by atoms with van der Waals surface area (Å²) in [7, 11) is 0. The highest BCUT2D eigenvalue weighted by Crippen LogP contribution is 2.35. The molecule has 0 amide bonds. The maximum atomic E-state index is 11.4. The number of hydrogen-bond donors (Lipinski definition) is 0. The highest BCUT2D eigenvalue weighted by atomic mass is 16.7. The zero-order chi connectivity index (χ0) is 13.0. The molecule has 4 nitrogen and oxygen atoms in total. The van der Waals surface area contributed by atoms with E-state index in [4.69, 9.17) is 14.2 Å². The Kier molecular flexibility index (Phi) is 3.87. The molecule has 0 saturated carbocycles. The molecular formula is C14H16O4. The Hall–Kier alpha value is -1.97. The molecule has 1 aliphatic heterocycles. The fourth-order valence-corrected chi connectivity index (χ4v) is 1.76. The number of esters is 1. The highest BCUT2D eigenvalue weighted by Gasteiger charge is 2.19. The van der Waals surface area contributed by atoms with Gasteiger partial charge in [-0.25, -0.2) is 0 Å². The lowest BCUT2D eigenvalue weighted by atomic mass is 10.1. The molecule has 1 heterocycles. The van der Waals surface area contributed by atoms with Crippen LogP contribution in [0.5, 0.6) is 11.5 Å². The molecule has 0 spiro atoms. The van der Waals surface area contributed by atoms with Gasteiger partial charge in [0.25, 0.3) is 0 Å². The first kappa shape index (κ1) is 12.5. The average Bonchev–Trinajstić information content (AvgIpc) is 2.85. The largest absolute Gasteiger partial charge is 0.457 e. The molecule has 1 atom stereocenters. The Morgan fingerprint density at radius 1 is 1.50 bits per heavy atom. The first-order chi connectivity index (χ1) is 8.74. The van der Waals surface area contributed by atoms with Crippen molar-refractivity contribution in [3.8, 4) is 11.5 Å². The van der Waals surface area contributed by atoms with Gasteiger partial charge in [0.05, 0.1) is 0 Å². The fraction of sp³-hybridized carbons (Fsp3) is 0.357. The second kappa shape index (κ2) is 5.58. The van der Waals surface area contributed by atoms with Crippen LogP contribution in [0.25, 0.3) is 0 Å². The minimum Gasteiger partial charge on any atom is -0.457 e. The normalized spacial score (nSPS) is 14.1. The van der Waals surface area contributed by atoms with Crippen LogP contribution in [0.3, 0.4) is 0 Å². The maximum Gasteiger partial charge on any atom is 0.306 e. The lowest BCUT2D eigenvalue weighted by Gasteiger charge is -2.16. The minimum atomic E-state index is -0.315. The van der Waals surface area contributed by atoms with Gasteiger partial charge in [-0.05, 0) is 17.7 Å². The average molecular weight is 248 g/mol. The van der Waals surface area contributed by atoms with Gasteiger partial charge in [-0.15, -0.1) is 6.58 Å². The molecule has 1 aromatic rings. The van der Waals surface area contributed by atoms with Gasteiger partial charge in [-0.1, -0.05) is 19.1 Å². The molecule has 0 saturated heterocycles. The van der Waals surface area contributed by atoms with Crippen molar-refractivity contribution < 1.29 is 19.0 Å². The van der Waals surface area contributed by atoms with E-state index < -0.39 is 0 Å². The number of ether oxygens (including phenoxy) is 3. The summed E-state index contributed by atoms with van der Waals surface area (Å²) in [4.78, 5) is 11.4. The topological polar surface area (TPSA) is 44.8 Å². The Morgan fingerprint density at radius 3 is 3.00 bits per heavy atom. The quantitative estimate of drug-likeness (QED) is 0.593. The molecule has 0 radical (unpaired) electrons. The van der Waals surface area contributed by atoms with E-state index in [-0.39, 0.29) is 18.9 Å². The fourth-order valence-electron chi connectivity index (χ4n) is 1.76. The van der Waals surface area contributed by atoms with E-state index in [1.165, 1.54) is 0 Å². The molecular weight excluding hydrogens is 232 g/mol. The molecule has 2 rings (SSSR count). The standard InChI is InChI=1S/C14H16O4/c1-3-5-11(18-14(15)4-2)10-6-7-12-13(8-10)17-9-16-12/h3,6-8,11H,1,4-5,9H2,2H3. The van der Waals surface area contributed by atoms with Gasteiger partial charge < -0.3 is 14.2 Å². The third-order valence-corrected chi connectivity index (χ3v) is 2.71. The molecule has 18 heavy (non-hydrogen) atoms. The van der Waals surface area contributed by atoms with E-state index >= 15 is 0 Å². The van der Waals surface area contributed by atoms with Gasteiger partial charge in [0.2, 0.25) is 6.79 Å². The summed E-state index contributed by atoms with van der Waals surface area (Å²) < 4.78 is 15.9. The second-order valence-electron chi connectivity index (χ2n) is 3.97. The zero-order valence-corrected chi connectivity index (χ0v) is 10.3. The number of carbonyl (C=O) groups excluding carboxylic acids is 1. The maximum absolute atomic E-state index is 11.4. The summed E-state index contributed by atoms with van der Waals surface area (Å²) in [5.74, 6) is 1.19. The first-order valence-corrected chi connectivity index (χ1v) is 5.94. The van der Waals surface area contributed by atoms with Crippen LogP contribution < -0.4 is 9.47 Å². The van der Waals surface area contributed by atoms with Gasteiger partial charge in [0, 0.05) is 12.8 Å². The molecule has 0 aliphatic carbocycles. The van der Waals surface area contributed by atoms with Crippen molar-refractivity contribution in [3.63, 3.8) is 0 Å². The zero-order valence-electron chi connectivity index (χ0n) is 10.3. The van der Waals surface area contributed by atoms with Crippen LogP contribution in [0.2, 0.25) is 0 Å². The number of rotatable bonds is 5. The van der Waals surface area contributed by atoms with Gasteiger partial charge in [-0.3, -0.25) is 4.79 Å².